The lowest BCUT2D eigenvalue weighted by Crippen LogP contribution is -2.53. The van der Waals surface area contributed by atoms with Crippen LogP contribution < -0.4 is 0 Å². The number of benzene rings is 2. The van der Waals surface area contributed by atoms with Crippen LogP contribution >= 0.6 is 0 Å². The van der Waals surface area contributed by atoms with E-state index >= 15 is 0 Å². The summed E-state index contributed by atoms with van der Waals surface area (Å²) in [6.45, 7) is 7.80. The maximum absolute atomic E-state index is 13.9. The van der Waals surface area contributed by atoms with Gasteiger partial charge in [0.1, 0.15) is 36.3 Å². The van der Waals surface area contributed by atoms with Crippen LogP contribution in [0.4, 0.5) is 32.0 Å². The van der Waals surface area contributed by atoms with E-state index in [0.717, 1.165) is 39.8 Å². The molecule has 1 saturated heterocycles. The van der Waals surface area contributed by atoms with Crippen molar-refractivity contribution in [1.29, 1.82) is 0 Å². The SMILES string of the molecule is [C-]#[N+]c1ccc(C(F)(F)F)c(-n2nc(C)nc2[C@@H]2OC(CO)[C@H](O)[C@H](n3cc(-c4cc(F)c(F)c(F)c4)cn3)C2O)c1. The highest BCUT2D eigenvalue weighted by Crippen LogP contribution is 2.41. The van der Waals surface area contributed by atoms with E-state index in [4.69, 9.17) is 11.3 Å². The first-order chi connectivity index (χ1) is 19.8. The molecule has 0 aliphatic carbocycles. The summed E-state index contributed by atoms with van der Waals surface area (Å²) in [5.41, 5.74) is -1.91. The normalized spacial score (nSPS) is 22.7. The van der Waals surface area contributed by atoms with E-state index < -0.39 is 71.9 Å². The summed E-state index contributed by atoms with van der Waals surface area (Å²) in [7, 11) is 0. The summed E-state index contributed by atoms with van der Waals surface area (Å²) in [4.78, 5) is 7.32. The Bertz CT molecular complexity index is 1660. The van der Waals surface area contributed by atoms with Crippen molar-refractivity contribution in [2.45, 2.75) is 43.6 Å². The molecule has 2 unspecified atom stereocenters. The maximum atomic E-state index is 13.9. The Labute approximate surface area is 232 Å². The number of aryl methyl sites for hydroxylation is 1. The minimum atomic E-state index is -4.86. The molecule has 0 saturated carbocycles. The van der Waals surface area contributed by atoms with Crippen LogP contribution in [0.2, 0.25) is 0 Å². The van der Waals surface area contributed by atoms with Gasteiger partial charge in [-0.05, 0) is 30.7 Å². The minimum Gasteiger partial charge on any atom is -0.394 e. The molecule has 16 heteroatoms. The molecular formula is C26H20F6N6O4. The third kappa shape index (κ3) is 5.11. The fraction of sp³-hybridized carbons (Fsp3) is 0.308. The van der Waals surface area contributed by atoms with Crippen molar-refractivity contribution in [3.05, 3.63) is 88.8 Å². The van der Waals surface area contributed by atoms with E-state index in [1.807, 2.05) is 0 Å². The van der Waals surface area contributed by atoms with Crippen molar-refractivity contribution < 1.29 is 46.4 Å². The number of hydrogen-bond donors (Lipinski definition) is 3. The van der Waals surface area contributed by atoms with Gasteiger partial charge in [0.05, 0.1) is 30.6 Å². The van der Waals surface area contributed by atoms with Crippen molar-refractivity contribution in [3.63, 3.8) is 0 Å². The Morgan fingerprint density at radius 3 is 2.36 bits per heavy atom. The van der Waals surface area contributed by atoms with Crippen LogP contribution in [0.3, 0.4) is 0 Å². The largest absolute Gasteiger partial charge is 0.418 e. The number of hydrogen-bond acceptors (Lipinski definition) is 7. The zero-order chi connectivity index (χ0) is 30.5. The fourth-order valence-electron chi connectivity index (χ4n) is 4.80. The van der Waals surface area contributed by atoms with Gasteiger partial charge < -0.3 is 20.1 Å². The molecule has 220 valence electrons. The molecule has 2 aromatic heterocycles. The van der Waals surface area contributed by atoms with E-state index in [0.29, 0.717) is 6.07 Å². The van der Waals surface area contributed by atoms with Gasteiger partial charge >= 0.3 is 6.18 Å². The molecule has 5 rings (SSSR count). The molecule has 3 N–H and O–H groups in total. The molecule has 1 aliphatic rings. The number of rotatable bonds is 5. The second kappa shape index (κ2) is 10.8. The van der Waals surface area contributed by atoms with Gasteiger partial charge in [0.25, 0.3) is 0 Å². The quantitative estimate of drug-likeness (QED) is 0.183. The first-order valence-corrected chi connectivity index (χ1v) is 12.2. The number of aliphatic hydroxyl groups excluding tert-OH is 3. The highest BCUT2D eigenvalue weighted by atomic mass is 19.4. The van der Waals surface area contributed by atoms with Crippen LogP contribution in [-0.4, -0.2) is 64.8 Å². The number of alkyl halides is 3. The Hall–Kier alpha value is -4.30. The smallest absolute Gasteiger partial charge is 0.394 e. The van der Waals surface area contributed by atoms with Crippen molar-refractivity contribution in [1.82, 2.24) is 24.5 Å². The van der Waals surface area contributed by atoms with Gasteiger partial charge in [-0.25, -0.2) is 27.7 Å². The van der Waals surface area contributed by atoms with Crippen LogP contribution in [-0.2, 0) is 10.9 Å². The van der Waals surface area contributed by atoms with Crippen molar-refractivity contribution >= 4 is 5.69 Å². The maximum Gasteiger partial charge on any atom is 0.418 e. The Morgan fingerprint density at radius 2 is 1.74 bits per heavy atom. The minimum absolute atomic E-state index is 0.0212. The molecule has 0 amide bonds. The third-order valence-electron chi connectivity index (χ3n) is 6.75. The topological polar surface area (TPSA) is 123 Å². The van der Waals surface area contributed by atoms with Crippen molar-refractivity contribution in [3.8, 4) is 16.8 Å². The van der Waals surface area contributed by atoms with Crippen LogP contribution in [0.15, 0.2) is 42.7 Å². The summed E-state index contributed by atoms with van der Waals surface area (Å²) < 4.78 is 90.3. The van der Waals surface area contributed by atoms with Gasteiger partial charge in [-0.3, -0.25) is 4.68 Å². The molecule has 42 heavy (non-hydrogen) atoms. The molecule has 5 atom stereocenters. The van der Waals surface area contributed by atoms with E-state index in [1.165, 1.54) is 13.1 Å². The number of aliphatic hydroxyl groups is 3. The lowest BCUT2D eigenvalue weighted by atomic mass is 9.92. The monoisotopic (exact) mass is 594 g/mol. The standard InChI is InChI=1S/C26H20F6N6O4/c1-11-35-25(38(36-11)18-7-14(33-2)3-4-15(18)26(30,31)32)24-23(41)21(22(40)19(10-39)42-24)37-9-13(8-34-37)12-5-16(27)20(29)17(28)6-12/h3-9,19,21-24,39-41H,10H2,1H3/t19?,21-,22-,23?,24+/m0/s1. The highest BCUT2D eigenvalue weighted by molar-refractivity contribution is 5.62. The molecule has 2 aromatic carbocycles. The van der Waals surface area contributed by atoms with Gasteiger partial charge in [-0.15, -0.1) is 0 Å². The molecule has 10 nitrogen and oxygen atoms in total. The molecule has 3 heterocycles. The first kappa shape index (κ1) is 29.2. The Kier molecular flexibility index (Phi) is 7.53. The van der Waals surface area contributed by atoms with Crippen LogP contribution in [0.25, 0.3) is 21.7 Å². The van der Waals surface area contributed by atoms with Gasteiger partial charge in [0.2, 0.25) is 0 Å². The molecule has 0 radical (unpaired) electrons. The van der Waals surface area contributed by atoms with Gasteiger partial charge in [-0.2, -0.15) is 23.4 Å². The lowest BCUT2D eigenvalue weighted by Gasteiger charge is -2.42. The highest BCUT2D eigenvalue weighted by Gasteiger charge is 2.48. The third-order valence-corrected chi connectivity index (χ3v) is 6.75. The number of nitrogens with zero attached hydrogens (tertiary/aromatic N) is 6. The molecule has 1 fully saturated rings. The average Bonchev–Trinajstić information content (AvgIpc) is 3.58. The predicted octanol–water partition coefficient (Wildman–Crippen LogP) is 3.82. The van der Waals surface area contributed by atoms with Crippen LogP contribution in [0.5, 0.6) is 0 Å². The summed E-state index contributed by atoms with van der Waals surface area (Å²) in [6, 6.07) is 2.65. The lowest BCUT2D eigenvalue weighted by molar-refractivity contribution is -0.210. The Morgan fingerprint density at radius 1 is 1.05 bits per heavy atom. The molecule has 1 aliphatic heterocycles. The second-order valence-electron chi connectivity index (χ2n) is 9.45. The van der Waals surface area contributed by atoms with Gasteiger partial charge in [0, 0.05) is 11.8 Å². The molecule has 0 bridgehead atoms. The average molecular weight is 594 g/mol. The molecular weight excluding hydrogens is 574 g/mol. The van der Waals surface area contributed by atoms with Crippen LogP contribution in [0, 0.1) is 30.9 Å². The molecule has 0 spiro atoms. The van der Waals surface area contributed by atoms with E-state index in [9.17, 15) is 41.7 Å². The predicted molar refractivity (Wildman–Crippen MR) is 131 cm³/mol. The molecule has 4 aromatic rings. The van der Waals surface area contributed by atoms with Gasteiger partial charge in [-0.1, -0.05) is 12.1 Å². The number of aromatic nitrogens is 5. The summed E-state index contributed by atoms with van der Waals surface area (Å²) >= 11 is 0. The zero-order valence-electron chi connectivity index (χ0n) is 21.3. The zero-order valence-corrected chi connectivity index (χ0v) is 21.3. The van der Waals surface area contributed by atoms with Crippen molar-refractivity contribution in [2.75, 3.05) is 6.61 Å². The first-order valence-electron chi connectivity index (χ1n) is 12.2. The van der Waals surface area contributed by atoms with Crippen molar-refractivity contribution in [2.24, 2.45) is 0 Å². The van der Waals surface area contributed by atoms with Gasteiger partial charge in [0.15, 0.2) is 29.0 Å². The summed E-state index contributed by atoms with van der Waals surface area (Å²) in [6.07, 6.45) is -8.96. The van der Waals surface area contributed by atoms with E-state index in [-0.39, 0.29) is 28.5 Å². The summed E-state index contributed by atoms with van der Waals surface area (Å²) in [5, 5.41) is 40.3. The second-order valence-corrected chi connectivity index (χ2v) is 9.45. The van der Waals surface area contributed by atoms with E-state index in [2.05, 4.69) is 20.0 Å². The number of halogens is 6. The Balaban J connectivity index is 1.59. The van der Waals surface area contributed by atoms with E-state index in [1.54, 1.807) is 0 Å². The van der Waals surface area contributed by atoms with Crippen LogP contribution in [0.1, 0.15) is 29.4 Å². The fourth-order valence-corrected chi connectivity index (χ4v) is 4.80. The number of ether oxygens (including phenoxy) is 1. The summed E-state index contributed by atoms with van der Waals surface area (Å²) in [5.74, 6) is -4.95.